The summed E-state index contributed by atoms with van der Waals surface area (Å²) in [4.78, 5) is 19.6. The molecule has 0 N–H and O–H groups in total. The zero-order valence-corrected chi connectivity index (χ0v) is 19.1. The molecule has 6 nitrogen and oxygen atoms in total. The summed E-state index contributed by atoms with van der Waals surface area (Å²) in [6.45, 7) is 4.58. The molecule has 0 aliphatic carbocycles. The second-order valence-corrected chi connectivity index (χ2v) is 10.7. The van der Waals surface area contributed by atoms with Crippen molar-refractivity contribution in [2.24, 2.45) is 5.92 Å². The normalized spacial score (nSPS) is 17.5. The molecule has 1 fully saturated rings. The van der Waals surface area contributed by atoms with Gasteiger partial charge in [0.1, 0.15) is 6.17 Å². The molecular formula is C23H25N3O3S2. The van der Waals surface area contributed by atoms with Crippen molar-refractivity contribution in [1.82, 2.24) is 14.2 Å². The fourth-order valence-electron chi connectivity index (χ4n) is 3.93. The van der Waals surface area contributed by atoms with Crippen molar-refractivity contribution >= 4 is 38.6 Å². The van der Waals surface area contributed by atoms with E-state index in [9.17, 15) is 13.2 Å². The van der Waals surface area contributed by atoms with Crippen LogP contribution in [0, 0.1) is 5.92 Å². The number of amides is 1. The zero-order chi connectivity index (χ0) is 22.0. The van der Waals surface area contributed by atoms with E-state index >= 15 is 0 Å². The van der Waals surface area contributed by atoms with Crippen LogP contribution in [0.2, 0.25) is 0 Å². The van der Waals surface area contributed by atoms with E-state index in [4.69, 9.17) is 0 Å². The van der Waals surface area contributed by atoms with Crippen molar-refractivity contribution in [3.05, 3.63) is 66.7 Å². The maximum absolute atomic E-state index is 13.2. The van der Waals surface area contributed by atoms with Gasteiger partial charge in [0, 0.05) is 18.5 Å². The van der Waals surface area contributed by atoms with E-state index in [1.807, 2.05) is 50.2 Å². The Kier molecular flexibility index (Phi) is 6.31. The molecule has 0 radical (unpaired) electrons. The molecular weight excluding hydrogens is 430 g/mol. The molecule has 0 spiro atoms. The number of rotatable bonds is 6. The van der Waals surface area contributed by atoms with Gasteiger partial charge in [0.15, 0.2) is 0 Å². The molecule has 2 heterocycles. The third kappa shape index (κ3) is 4.46. The Bertz CT molecular complexity index is 1180. The highest BCUT2D eigenvalue weighted by Crippen LogP contribution is 2.30. The third-order valence-corrected chi connectivity index (χ3v) is 8.16. The molecule has 1 aliphatic heterocycles. The first-order valence-electron chi connectivity index (χ1n) is 10.2. The molecule has 162 valence electrons. The molecule has 1 unspecified atom stereocenters. The van der Waals surface area contributed by atoms with Crippen LogP contribution in [0.4, 0.5) is 0 Å². The van der Waals surface area contributed by atoms with Crippen molar-refractivity contribution in [2.75, 3.05) is 18.8 Å². The van der Waals surface area contributed by atoms with E-state index in [2.05, 4.69) is 4.98 Å². The number of sulfonamides is 1. The van der Waals surface area contributed by atoms with Crippen LogP contribution >= 0.6 is 11.8 Å². The lowest BCUT2D eigenvalue weighted by Gasteiger charge is -2.32. The molecule has 8 heteroatoms. The maximum atomic E-state index is 13.2. The number of para-hydroxylation sites is 1. The van der Waals surface area contributed by atoms with Gasteiger partial charge in [-0.05, 0) is 30.2 Å². The van der Waals surface area contributed by atoms with Crippen molar-refractivity contribution in [1.29, 1.82) is 0 Å². The van der Waals surface area contributed by atoms with Gasteiger partial charge in [0.05, 0.1) is 21.2 Å². The van der Waals surface area contributed by atoms with Crippen LogP contribution in [0.5, 0.6) is 0 Å². The van der Waals surface area contributed by atoms with Crippen molar-refractivity contribution < 1.29 is 13.2 Å². The SMILES string of the molecule is CC(C)C1N(C(=O)CSc2ccc3ccccc3n2)CCN1S(=O)(=O)c1ccccc1. The molecule has 3 aromatic rings. The Morgan fingerprint density at radius 1 is 1.03 bits per heavy atom. The minimum atomic E-state index is -3.67. The van der Waals surface area contributed by atoms with Crippen LogP contribution in [0.15, 0.2) is 76.7 Å². The summed E-state index contributed by atoms with van der Waals surface area (Å²) in [7, 11) is -3.67. The van der Waals surface area contributed by atoms with Gasteiger partial charge in [-0.15, -0.1) is 0 Å². The second-order valence-electron chi connectivity index (χ2n) is 7.80. The van der Waals surface area contributed by atoms with E-state index in [1.165, 1.54) is 16.1 Å². The van der Waals surface area contributed by atoms with Crippen molar-refractivity contribution in [3.63, 3.8) is 0 Å². The maximum Gasteiger partial charge on any atom is 0.244 e. The Morgan fingerprint density at radius 3 is 2.48 bits per heavy atom. The van der Waals surface area contributed by atoms with Crippen LogP contribution in [0.1, 0.15) is 13.8 Å². The van der Waals surface area contributed by atoms with Gasteiger partial charge in [-0.25, -0.2) is 13.4 Å². The molecule has 1 aliphatic rings. The Hall–Kier alpha value is -2.42. The molecule has 0 saturated carbocycles. The van der Waals surface area contributed by atoms with Crippen LogP contribution < -0.4 is 0 Å². The number of carbonyl (C=O) groups excluding carboxylic acids is 1. The topological polar surface area (TPSA) is 70.6 Å². The highest BCUT2D eigenvalue weighted by Gasteiger charge is 2.43. The van der Waals surface area contributed by atoms with Crippen molar-refractivity contribution in [2.45, 2.75) is 29.9 Å². The number of nitrogens with zero attached hydrogens (tertiary/aromatic N) is 3. The highest BCUT2D eigenvalue weighted by molar-refractivity contribution is 7.99. The smallest absolute Gasteiger partial charge is 0.244 e. The van der Waals surface area contributed by atoms with Gasteiger partial charge in [-0.3, -0.25) is 4.79 Å². The predicted octanol–water partition coefficient (Wildman–Crippen LogP) is 3.84. The van der Waals surface area contributed by atoms with Crippen LogP contribution in [0.3, 0.4) is 0 Å². The summed E-state index contributed by atoms with van der Waals surface area (Å²) in [5.74, 6) is 0.103. The average molecular weight is 456 g/mol. The summed E-state index contributed by atoms with van der Waals surface area (Å²) in [5.41, 5.74) is 0.890. The van der Waals surface area contributed by atoms with Gasteiger partial charge in [-0.2, -0.15) is 4.31 Å². The minimum absolute atomic E-state index is 0.0336. The van der Waals surface area contributed by atoms with Crippen LogP contribution in [-0.2, 0) is 14.8 Å². The molecule has 1 amide bonds. The number of pyridine rings is 1. The molecule has 1 aromatic heterocycles. The first-order chi connectivity index (χ1) is 14.9. The summed E-state index contributed by atoms with van der Waals surface area (Å²) in [6, 6.07) is 20.2. The number of fused-ring (bicyclic) bond motifs is 1. The summed E-state index contributed by atoms with van der Waals surface area (Å²) in [6.07, 6.45) is -0.497. The third-order valence-electron chi connectivity index (χ3n) is 5.36. The average Bonchev–Trinajstić information content (AvgIpc) is 3.24. The molecule has 1 atom stereocenters. The lowest BCUT2D eigenvalue weighted by molar-refractivity contribution is -0.130. The fourth-order valence-corrected chi connectivity index (χ4v) is 6.43. The second kappa shape index (κ2) is 8.98. The van der Waals surface area contributed by atoms with Gasteiger partial charge >= 0.3 is 0 Å². The molecule has 4 rings (SSSR count). The van der Waals surface area contributed by atoms with E-state index in [0.717, 1.165) is 15.9 Å². The summed E-state index contributed by atoms with van der Waals surface area (Å²) in [5, 5.41) is 1.83. The van der Waals surface area contributed by atoms with Gasteiger partial charge in [-0.1, -0.05) is 68.1 Å². The summed E-state index contributed by atoms with van der Waals surface area (Å²) >= 11 is 1.38. The van der Waals surface area contributed by atoms with Crippen molar-refractivity contribution in [3.8, 4) is 0 Å². The number of hydrogen-bond donors (Lipinski definition) is 0. The molecule has 31 heavy (non-hydrogen) atoms. The van der Waals surface area contributed by atoms with Crippen LogP contribution in [0.25, 0.3) is 10.9 Å². The standard InChI is InChI=1S/C23H25N3O3S2/c1-17(2)23-25(14-15-26(23)31(28,29)19-9-4-3-5-10-19)22(27)16-30-21-13-12-18-8-6-7-11-20(18)24-21/h3-13,17,23H,14-16H2,1-2H3. The summed E-state index contributed by atoms with van der Waals surface area (Å²) < 4.78 is 27.9. The first kappa shape index (κ1) is 21.8. The first-order valence-corrected chi connectivity index (χ1v) is 12.7. The lowest BCUT2D eigenvalue weighted by atomic mass is 10.1. The lowest BCUT2D eigenvalue weighted by Crippen LogP contribution is -2.48. The molecule has 2 aromatic carbocycles. The largest absolute Gasteiger partial charge is 0.324 e. The van der Waals surface area contributed by atoms with Gasteiger partial charge in [0.2, 0.25) is 15.9 Å². The fraction of sp³-hybridized carbons (Fsp3) is 0.304. The quantitative estimate of drug-likeness (QED) is 0.528. The number of aromatic nitrogens is 1. The van der Waals surface area contributed by atoms with Gasteiger partial charge in [0.25, 0.3) is 0 Å². The molecule has 1 saturated heterocycles. The van der Waals surface area contributed by atoms with E-state index in [0.29, 0.717) is 13.1 Å². The zero-order valence-electron chi connectivity index (χ0n) is 17.5. The predicted molar refractivity (Wildman–Crippen MR) is 123 cm³/mol. The Balaban J connectivity index is 1.49. The highest BCUT2D eigenvalue weighted by atomic mass is 32.2. The van der Waals surface area contributed by atoms with E-state index < -0.39 is 16.2 Å². The monoisotopic (exact) mass is 455 g/mol. The Labute approximate surface area is 187 Å². The molecule has 0 bridgehead atoms. The number of benzene rings is 2. The number of hydrogen-bond acceptors (Lipinski definition) is 5. The van der Waals surface area contributed by atoms with Crippen LogP contribution in [-0.4, -0.2) is 53.5 Å². The van der Waals surface area contributed by atoms with E-state index in [1.54, 1.807) is 35.2 Å². The van der Waals surface area contributed by atoms with E-state index in [-0.39, 0.29) is 22.5 Å². The Morgan fingerprint density at radius 2 is 1.74 bits per heavy atom. The minimum Gasteiger partial charge on any atom is -0.324 e. The van der Waals surface area contributed by atoms with Gasteiger partial charge < -0.3 is 4.90 Å². The number of carbonyl (C=O) groups is 1. The number of thioether (sulfide) groups is 1.